The van der Waals surface area contributed by atoms with E-state index < -0.39 is 0 Å². The van der Waals surface area contributed by atoms with Gasteiger partial charge in [0.2, 0.25) is 17.5 Å². The van der Waals surface area contributed by atoms with Crippen molar-refractivity contribution in [1.29, 1.82) is 0 Å². The Morgan fingerprint density at radius 2 is 2.17 bits per heavy atom. The number of carbonyl (C=O) groups excluding carboxylic acids is 1. The van der Waals surface area contributed by atoms with Crippen molar-refractivity contribution in [2.75, 3.05) is 13.1 Å². The van der Waals surface area contributed by atoms with Crippen molar-refractivity contribution in [3.8, 4) is 0 Å². The highest BCUT2D eigenvalue weighted by atomic mass is 16.4. The number of aromatic nitrogens is 3. The fourth-order valence-electron chi connectivity index (χ4n) is 4.24. The lowest BCUT2D eigenvalue weighted by molar-refractivity contribution is 0.0741. The van der Waals surface area contributed by atoms with Crippen molar-refractivity contribution >= 4 is 5.91 Å². The summed E-state index contributed by atoms with van der Waals surface area (Å²) in [6.45, 7) is 6.91. The van der Waals surface area contributed by atoms with Gasteiger partial charge in [-0.2, -0.15) is 0 Å². The van der Waals surface area contributed by atoms with E-state index in [1.165, 1.54) is 0 Å². The molecule has 0 N–H and O–H groups in total. The average Bonchev–Trinajstić information content (AvgIpc) is 3.28. The maximum atomic E-state index is 12.9. The van der Waals surface area contributed by atoms with Crippen LogP contribution in [-0.4, -0.2) is 39.1 Å². The molecular weight excluding hydrogens is 308 g/mol. The third kappa shape index (κ3) is 2.17. The van der Waals surface area contributed by atoms with Crippen LogP contribution in [0.15, 0.2) is 8.83 Å². The molecule has 1 aliphatic heterocycles. The summed E-state index contributed by atoms with van der Waals surface area (Å²) in [4.78, 5) is 19.1. The minimum absolute atomic E-state index is 0.0790. The molecule has 2 aromatic heterocycles. The molecule has 0 unspecified atom stereocenters. The first-order valence-corrected chi connectivity index (χ1v) is 8.59. The van der Waals surface area contributed by atoms with Gasteiger partial charge in [0.25, 0.3) is 5.91 Å². The Morgan fingerprint density at radius 1 is 1.33 bits per heavy atom. The Hall–Kier alpha value is -2.18. The van der Waals surface area contributed by atoms with Crippen LogP contribution in [0.2, 0.25) is 0 Å². The standard InChI is InChI=1S/C17H22N4O3/c1-4-13-18-10(2)14(24-13)15(22)21-8-12-6-5-7-17(12,9-21)16-20-19-11(3)23-16/h12H,4-9H2,1-3H3/t12-,17-/m0/s1. The van der Waals surface area contributed by atoms with E-state index in [4.69, 9.17) is 8.83 Å². The minimum Gasteiger partial charge on any atom is -0.435 e. The molecule has 7 heteroatoms. The predicted molar refractivity (Wildman–Crippen MR) is 84.6 cm³/mol. The van der Waals surface area contributed by atoms with Crippen LogP contribution >= 0.6 is 0 Å². The molecule has 1 aliphatic carbocycles. The van der Waals surface area contributed by atoms with Crippen molar-refractivity contribution in [2.45, 2.75) is 51.9 Å². The van der Waals surface area contributed by atoms with Gasteiger partial charge in [-0.1, -0.05) is 13.3 Å². The summed E-state index contributed by atoms with van der Waals surface area (Å²) in [6, 6.07) is 0. The van der Waals surface area contributed by atoms with Crippen molar-refractivity contribution in [1.82, 2.24) is 20.1 Å². The monoisotopic (exact) mass is 330 g/mol. The van der Waals surface area contributed by atoms with E-state index in [9.17, 15) is 4.79 Å². The van der Waals surface area contributed by atoms with Crippen LogP contribution in [-0.2, 0) is 11.8 Å². The normalized spacial score (nSPS) is 26.1. The van der Waals surface area contributed by atoms with Gasteiger partial charge in [0.05, 0.1) is 11.1 Å². The first-order chi connectivity index (χ1) is 11.5. The molecule has 1 saturated carbocycles. The number of aryl methyl sites for hydroxylation is 3. The zero-order valence-electron chi connectivity index (χ0n) is 14.3. The second kappa shape index (κ2) is 5.43. The fraction of sp³-hybridized carbons (Fsp3) is 0.647. The van der Waals surface area contributed by atoms with Crippen LogP contribution in [0, 0.1) is 19.8 Å². The van der Waals surface area contributed by atoms with Crippen LogP contribution in [0.4, 0.5) is 0 Å². The maximum Gasteiger partial charge on any atom is 0.291 e. The van der Waals surface area contributed by atoms with Crippen LogP contribution in [0.1, 0.15) is 60.1 Å². The van der Waals surface area contributed by atoms with Crippen LogP contribution in [0.25, 0.3) is 0 Å². The largest absolute Gasteiger partial charge is 0.435 e. The lowest BCUT2D eigenvalue weighted by Crippen LogP contribution is -2.35. The number of fused-ring (bicyclic) bond motifs is 1. The average molecular weight is 330 g/mol. The van der Waals surface area contributed by atoms with Gasteiger partial charge < -0.3 is 13.7 Å². The summed E-state index contributed by atoms with van der Waals surface area (Å²) in [5.41, 5.74) is 0.468. The first kappa shape index (κ1) is 15.4. The quantitative estimate of drug-likeness (QED) is 0.859. The molecule has 24 heavy (non-hydrogen) atoms. The minimum atomic E-state index is -0.196. The Kier molecular flexibility index (Phi) is 3.47. The number of oxazole rings is 1. The van der Waals surface area contributed by atoms with Gasteiger partial charge in [-0.05, 0) is 25.7 Å². The molecule has 0 bridgehead atoms. The number of likely N-dealkylation sites (tertiary alicyclic amines) is 1. The van der Waals surface area contributed by atoms with Gasteiger partial charge in [0, 0.05) is 26.4 Å². The van der Waals surface area contributed by atoms with Crippen molar-refractivity contribution in [2.24, 2.45) is 5.92 Å². The topological polar surface area (TPSA) is 85.3 Å². The van der Waals surface area contributed by atoms with E-state index in [0.717, 1.165) is 19.3 Å². The third-order valence-electron chi connectivity index (χ3n) is 5.45. The van der Waals surface area contributed by atoms with E-state index in [0.29, 0.717) is 54.6 Å². The Bertz CT molecular complexity index is 781. The number of hydrogen-bond acceptors (Lipinski definition) is 6. The van der Waals surface area contributed by atoms with E-state index in [1.54, 1.807) is 6.92 Å². The van der Waals surface area contributed by atoms with Gasteiger partial charge in [-0.3, -0.25) is 4.79 Å². The zero-order valence-corrected chi connectivity index (χ0v) is 14.3. The van der Waals surface area contributed by atoms with Gasteiger partial charge in [0.1, 0.15) is 0 Å². The summed E-state index contributed by atoms with van der Waals surface area (Å²) in [5.74, 6) is 2.52. The van der Waals surface area contributed by atoms with Crippen LogP contribution in [0.5, 0.6) is 0 Å². The molecule has 2 aromatic rings. The fourth-order valence-corrected chi connectivity index (χ4v) is 4.24. The second-order valence-corrected chi connectivity index (χ2v) is 6.93. The molecule has 4 rings (SSSR count). The van der Waals surface area contributed by atoms with Gasteiger partial charge >= 0.3 is 0 Å². The van der Waals surface area contributed by atoms with Gasteiger partial charge in [-0.25, -0.2) is 4.98 Å². The molecule has 2 atom stereocenters. The molecule has 1 saturated heterocycles. The number of amides is 1. The maximum absolute atomic E-state index is 12.9. The lowest BCUT2D eigenvalue weighted by atomic mass is 9.80. The molecule has 1 amide bonds. The third-order valence-corrected chi connectivity index (χ3v) is 5.45. The summed E-state index contributed by atoms with van der Waals surface area (Å²) in [6.07, 6.45) is 3.89. The van der Waals surface area contributed by atoms with Crippen LogP contribution in [0.3, 0.4) is 0 Å². The summed E-state index contributed by atoms with van der Waals surface area (Å²) in [5, 5.41) is 8.27. The predicted octanol–water partition coefficient (Wildman–Crippen LogP) is 2.43. The highest BCUT2D eigenvalue weighted by Gasteiger charge is 2.55. The molecule has 0 radical (unpaired) electrons. The molecule has 2 aliphatic rings. The molecule has 2 fully saturated rings. The van der Waals surface area contributed by atoms with Gasteiger partial charge in [0.15, 0.2) is 5.89 Å². The Morgan fingerprint density at radius 3 is 2.83 bits per heavy atom. The number of nitrogens with zero attached hydrogens (tertiary/aromatic N) is 4. The smallest absolute Gasteiger partial charge is 0.291 e. The molecule has 0 aromatic carbocycles. The van der Waals surface area contributed by atoms with E-state index in [-0.39, 0.29) is 11.3 Å². The highest BCUT2D eigenvalue weighted by molar-refractivity contribution is 5.92. The summed E-state index contributed by atoms with van der Waals surface area (Å²) < 4.78 is 11.4. The Balaban J connectivity index is 1.63. The molecule has 0 spiro atoms. The molecule has 3 heterocycles. The summed E-state index contributed by atoms with van der Waals surface area (Å²) >= 11 is 0. The first-order valence-electron chi connectivity index (χ1n) is 8.59. The number of carbonyl (C=O) groups is 1. The molecule has 128 valence electrons. The van der Waals surface area contributed by atoms with Crippen molar-refractivity contribution in [3.63, 3.8) is 0 Å². The van der Waals surface area contributed by atoms with Gasteiger partial charge in [-0.15, -0.1) is 10.2 Å². The lowest BCUT2D eigenvalue weighted by Gasteiger charge is -2.24. The summed E-state index contributed by atoms with van der Waals surface area (Å²) in [7, 11) is 0. The Labute approximate surface area is 140 Å². The van der Waals surface area contributed by atoms with E-state index >= 15 is 0 Å². The number of hydrogen-bond donors (Lipinski definition) is 0. The molecule has 7 nitrogen and oxygen atoms in total. The molecular formula is C17H22N4O3. The number of rotatable bonds is 3. The van der Waals surface area contributed by atoms with E-state index in [1.807, 2.05) is 18.7 Å². The van der Waals surface area contributed by atoms with Crippen molar-refractivity contribution < 1.29 is 13.6 Å². The SMILES string of the molecule is CCc1nc(C)c(C(=O)N2C[C@@H]3CCC[C@]3(c3nnc(C)o3)C2)o1. The highest BCUT2D eigenvalue weighted by Crippen LogP contribution is 2.50. The zero-order chi connectivity index (χ0) is 16.9. The second-order valence-electron chi connectivity index (χ2n) is 6.93. The van der Waals surface area contributed by atoms with Crippen molar-refractivity contribution in [3.05, 3.63) is 29.1 Å². The van der Waals surface area contributed by atoms with E-state index in [2.05, 4.69) is 15.2 Å². The van der Waals surface area contributed by atoms with Crippen LogP contribution < -0.4 is 0 Å².